The van der Waals surface area contributed by atoms with Crippen LogP contribution in [-0.4, -0.2) is 40.4 Å². The van der Waals surface area contributed by atoms with Crippen molar-refractivity contribution in [3.8, 4) is 0 Å². The maximum Gasteiger partial charge on any atom is 0.315 e. The van der Waals surface area contributed by atoms with E-state index in [1.165, 1.54) is 0 Å². The number of aliphatic hydroxyl groups excluding tert-OH is 1. The molecule has 0 aromatic heterocycles. The summed E-state index contributed by atoms with van der Waals surface area (Å²) in [5, 5.41) is 24.5. The summed E-state index contributed by atoms with van der Waals surface area (Å²) in [6.45, 7) is 0. The van der Waals surface area contributed by atoms with Crippen molar-refractivity contribution in [1.29, 1.82) is 0 Å². The first-order chi connectivity index (χ1) is 9.56. The first-order valence-electron chi connectivity index (χ1n) is 7.54. The van der Waals surface area contributed by atoms with Crippen LogP contribution in [0.15, 0.2) is 0 Å². The van der Waals surface area contributed by atoms with Gasteiger partial charge in [0.1, 0.15) is 0 Å². The SMILES string of the molecule is O=C(NC1CCC(C(=O)O)CC1)NC1CCCCC1O. The molecule has 2 saturated carbocycles. The summed E-state index contributed by atoms with van der Waals surface area (Å²) in [5.74, 6) is -1.01. The van der Waals surface area contributed by atoms with Gasteiger partial charge in [-0.25, -0.2) is 4.79 Å². The number of aliphatic hydroxyl groups is 1. The molecule has 2 unspecified atom stereocenters. The monoisotopic (exact) mass is 284 g/mol. The van der Waals surface area contributed by atoms with E-state index in [-0.39, 0.29) is 24.0 Å². The summed E-state index contributed by atoms with van der Waals surface area (Å²) in [5.41, 5.74) is 0. The van der Waals surface area contributed by atoms with Crippen molar-refractivity contribution in [2.75, 3.05) is 0 Å². The Morgan fingerprint density at radius 1 is 0.900 bits per heavy atom. The summed E-state index contributed by atoms with van der Waals surface area (Å²) in [6, 6.07) is -0.347. The highest BCUT2D eigenvalue weighted by Gasteiger charge is 2.28. The van der Waals surface area contributed by atoms with Crippen molar-refractivity contribution in [2.24, 2.45) is 5.92 Å². The van der Waals surface area contributed by atoms with Gasteiger partial charge in [-0.2, -0.15) is 0 Å². The molecule has 0 saturated heterocycles. The summed E-state index contributed by atoms with van der Waals surface area (Å²) in [6.07, 6.45) is 5.81. The van der Waals surface area contributed by atoms with E-state index in [0.717, 1.165) is 25.7 Å². The van der Waals surface area contributed by atoms with Gasteiger partial charge in [-0.05, 0) is 38.5 Å². The molecule has 0 heterocycles. The summed E-state index contributed by atoms with van der Waals surface area (Å²) in [7, 11) is 0. The minimum Gasteiger partial charge on any atom is -0.481 e. The molecule has 2 aliphatic rings. The number of amides is 2. The minimum absolute atomic E-state index is 0.0475. The van der Waals surface area contributed by atoms with E-state index in [1.54, 1.807) is 0 Å². The van der Waals surface area contributed by atoms with E-state index < -0.39 is 12.1 Å². The Hall–Kier alpha value is -1.30. The van der Waals surface area contributed by atoms with Crippen LogP contribution in [0.2, 0.25) is 0 Å². The van der Waals surface area contributed by atoms with E-state index in [9.17, 15) is 14.7 Å². The Morgan fingerprint density at radius 3 is 2.15 bits per heavy atom. The fourth-order valence-electron chi connectivity index (χ4n) is 3.16. The standard InChI is InChI=1S/C14H24N2O4/c17-12-4-2-1-3-11(12)16-14(20)15-10-7-5-9(6-8-10)13(18)19/h9-12,17H,1-8H2,(H,18,19)(H2,15,16,20). The number of nitrogens with one attached hydrogen (secondary N) is 2. The number of urea groups is 1. The van der Waals surface area contributed by atoms with Gasteiger partial charge in [-0.15, -0.1) is 0 Å². The fraction of sp³-hybridized carbons (Fsp3) is 0.857. The first kappa shape index (κ1) is 15.1. The van der Waals surface area contributed by atoms with Crippen LogP contribution in [-0.2, 0) is 4.79 Å². The molecule has 6 heteroatoms. The Bertz CT molecular complexity index is 353. The molecule has 6 nitrogen and oxygen atoms in total. The fourth-order valence-corrected chi connectivity index (χ4v) is 3.16. The summed E-state index contributed by atoms with van der Waals surface area (Å²) >= 11 is 0. The molecule has 0 aliphatic heterocycles. The van der Waals surface area contributed by atoms with Gasteiger partial charge >= 0.3 is 12.0 Å². The lowest BCUT2D eigenvalue weighted by Crippen LogP contribution is -2.51. The number of carbonyl (C=O) groups is 2. The van der Waals surface area contributed by atoms with Crippen molar-refractivity contribution in [3.63, 3.8) is 0 Å². The molecule has 0 aromatic carbocycles. The minimum atomic E-state index is -0.738. The Labute approximate surface area is 118 Å². The van der Waals surface area contributed by atoms with Gasteiger partial charge in [0, 0.05) is 6.04 Å². The van der Waals surface area contributed by atoms with Crippen molar-refractivity contribution in [3.05, 3.63) is 0 Å². The third-order valence-corrected chi connectivity index (χ3v) is 4.46. The van der Waals surface area contributed by atoms with E-state index in [4.69, 9.17) is 5.11 Å². The molecule has 20 heavy (non-hydrogen) atoms. The third-order valence-electron chi connectivity index (χ3n) is 4.46. The molecule has 114 valence electrons. The van der Waals surface area contributed by atoms with Crippen LogP contribution < -0.4 is 10.6 Å². The van der Waals surface area contributed by atoms with Crippen LogP contribution in [0, 0.1) is 5.92 Å². The average molecular weight is 284 g/mol. The largest absolute Gasteiger partial charge is 0.481 e. The highest BCUT2D eigenvalue weighted by Crippen LogP contribution is 2.24. The van der Waals surface area contributed by atoms with Gasteiger partial charge < -0.3 is 20.8 Å². The zero-order chi connectivity index (χ0) is 14.5. The van der Waals surface area contributed by atoms with Crippen LogP contribution in [0.5, 0.6) is 0 Å². The zero-order valence-corrected chi connectivity index (χ0v) is 11.7. The quantitative estimate of drug-likeness (QED) is 0.626. The predicted molar refractivity (Wildman–Crippen MR) is 73.3 cm³/mol. The lowest BCUT2D eigenvalue weighted by Gasteiger charge is -2.31. The molecular weight excluding hydrogens is 260 g/mol. The molecule has 0 spiro atoms. The van der Waals surface area contributed by atoms with Crippen molar-refractivity contribution in [2.45, 2.75) is 69.6 Å². The van der Waals surface area contributed by atoms with Crippen molar-refractivity contribution >= 4 is 12.0 Å². The second kappa shape index (κ2) is 6.92. The van der Waals surface area contributed by atoms with Gasteiger partial charge in [-0.3, -0.25) is 4.79 Å². The molecule has 2 fully saturated rings. The van der Waals surface area contributed by atoms with Crippen molar-refractivity contribution < 1.29 is 19.8 Å². The molecule has 2 amide bonds. The van der Waals surface area contributed by atoms with Gasteiger partial charge in [0.2, 0.25) is 0 Å². The maximum absolute atomic E-state index is 11.9. The molecule has 2 atom stereocenters. The van der Waals surface area contributed by atoms with E-state index in [2.05, 4.69) is 10.6 Å². The molecular formula is C14H24N2O4. The molecule has 2 aliphatic carbocycles. The highest BCUT2D eigenvalue weighted by molar-refractivity contribution is 5.75. The van der Waals surface area contributed by atoms with Crippen LogP contribution >= 0.6 is 0 Å². The average Bonchev–Trinajstić information content (AvgIpc) is 2.42. The third kappa shape index (κ3) is 4.10. The number of rotatable bonds is 3. The van der Waals surface area contributed by atoms with Gasteiger partial charge in [0.25, 0.3) is 0 Å². The van der Waals surface area contributed by atoms with Crippen LogP contribution in [0.3, 0.4) is 0 Å². The van der Waals surface area contributed by atoms with Gasteiger partial charge in [-0.1, -0.05) is 12.8 Å². The lowest BCUT2D eigenvalue weighted by molar-refractivity contribution is -0.142. The van der Waals surface area contributed by atoms with Gasteiger partial charge in [0.15, 0.2) is 0 Å². The summed E-state index contributed by atoms with van der Waals surface area (Å²) < 4.78 is 0. The molecule has 0 radical (unpaired) electrons. The number of carboxylic acid groups (broad SMARTS) is 1. The number of aliphatic carboxylic acids is 1. The predicted octanol–water partition coefficient (Wildman–Crippen LogP) is 1.23. The van der Waals surface area contributed by atoms with Crippen LogP contribution in [0.25, 0.3) is 0 Å². The molecule has 4 N–H and O–H groups in total. The van der Waals surface area contributed by atoms with E-state index in [1.807, 2.05) is 0 Å². The smallest absolute Gasteiger partial charge is 0.315 e. The number of hydrogen-bond donors (Lipinski definition) is 4. The highest BCUT2D eigenvalue weighted by atomic mass is 16.4. The Kier molecular flexibility index (Phi) is 5.23. The number of carboxylic acids is 1. The summed E-state index contributed by atoms with van der Waals surface area (Å²) in [4.78, 5) is 22.7. The second-order valence-electron chi connectivity index (χ2n) is 5.96. The molecule has 0 bridgehead atoms. The second-order valence-corrected chi connectivity index (χ2v) is 5.96. The Morgan fingerprint density at radius 2 is 1.55 bits per heavy atom. The topological polar surface area (TPSA) is 98.7 Å². The van der Waals surface area contributed by atoms with Crippen LogP contribution in [0.4, 0.5) is 4.79 Å². The molecule has 0 aromatic rings. The lowest BCUT2D eigenvalue weighted by atomic mass is 9.86. The van der Waals surface area contributed by atoms with E-state index >= 15 is 0 Å². The number of hydrogen-bond acceptors (Lipinski definition) is 3. The first-order valence-corrected chi connectivity index (χ1v) is 7.54. The normalized spacial score (nSPS) is 34.2. The maximum atomic E-state index is 11.9. The number of carbonyl (C=O) groups excluding carboxylic acids is 1. The van der Waals surface area contributed by atoms with Crippen LogP contribution in [0.1, 0.15) is 51.4 Å². The Balaban J connectivity index is 1.71. The zero-order valence-electron chi connectivity index (χ0n) is 11.7. The molecule has 2 rings (SSSR count). The van der Waals surface area contributed by atoms with Gasteiger partial charge in [0.05, 0.1) is 18.1 Å². The van der Waals surface area contributed by atoms with E-state index in [0.29, 0.717) is 25.7 Å². The van der Waals surface area contributed by atoms with Crippen molar-refractivity contribution in [1.82, 2.24) is 10.6 Å².